The molecule has 0 atom stereocenters. The van der Waals surface area contributed by atoms with Gasteiger partial charge in [-0.1, -0.05) is 6.58 Å². The second-order valence-electron chi connectivity index (χ2n) is 5.32. The van der Waals surface area contributed by atoms with Crippen LogP contribution in [0.4, 0.5) is 0 Å². The summed E-state index contributed by atoms with van der Waals surface area (Å²) in [4.78, 5) is 23.5. The fourth-order valence-corrected chi connectivity index (χ4v) is 1.99. The predicted octanol–water partition coefficient (Wildman–Crippen LogP) is 2.83. The van der Waals surface area contributed by atoms with Gasteiger partial charge in [0.2, 0.25) is 0 Å². The van der Waals surface area contributed by atoms with Crippen LogP contribution in [0.5, 0.6) is 17.2 Å². The molecule has 0 amide bonds. The number of carbonyl (C=O) groups is 2. The van der Waals surface area contributed by atoms with Crippen molar-refractivity contribution in [1.29, 1.82) is 0 Å². The molecule has 0 saturated heterocycles. The van der Waals surface area contributed by atoms with E-state index in [2.05, 4.69) is 6.58 Å². The number of ketones is 1. The minimum absolute atomic E-state index is 0.0910. The van der Waals surface area contributed by atoms with Crippen molar-refractivity contribution in [2.45, 2.75) is 6.92 Å². The molecule has 0 aromatic heterocycles. The standard InChI is InChI=1S/C19H18O6/c1-12(2)19(23)25-10-9-24-15-6-3-13(4-7-15)18(22)16-8-5-14(20)11-17(16)21/h3-8,11,20-21H,1,9-10H2,2H3. The van der Waals surface area contributed by atoms with Gasteiger partial charge in [-0.15, -0.1) is 0 Å². The molecule has 0 aliphatic heterocycles. The summed E-state index contributed by atoms with van der Waals surface area (Å²) in [6, 6.07) is 10.1. The number of phenolic OH excluding ortho intramolecular Hbond substituents is 2. The zero-order valence-corrected chi connectivity index (χ0v) is 13.7. The highest BCUT2D eigenvalue weighted by molar-refractivity contribution is 6.10. The highest BCUT2D eigenvalue weighted by Gasteiger charge is 2.14. The molecular formula is C19H18O6. The molecule has 25 heavy (non-hydrogen) atoms. The number of phenols is 2. The largest absolute Gasteiger partial charge is 0.508 e. The molecule has 0 fully saturated rings. The fraction of sp³-hybridized carbons (Fsp3) is 0.158. The number of rotatable bonds is 7. The van der Waals surface area contributed by atoms with Crippen molar-refractivity contribution in [3.8, 4) is 17.2 Å². The summed E-state index contributed by atoms with van der Waals surface area (Å²) < 4.78 is 10.3. The van der Waals surface area contributed by atoms with Crippen LogP contribution >= 0.6 is 0 Å². The Hall–Kier alpha value is -3.28. The van der Waals surface area contributed by atoms with E-state index in [-0.39, 0.29) is 36.1 Å². The third-order valence-corrected chi connectivity index (χ3v) is 3.28. The number of hydrogen-bond donors (Lipinski definition) is 2. The lowest BCUT2D eigenvalue weighted by Gasteiger charge is -2.08. The van der Waals surface area contributed by atoms with Crippen molar-refractivity contribution in [2.24, 2.45) is 0 Å². The van der Waals surface area contributed by atoms with E-state index in [0.717, 1.165) is 6.07 Å². The van der Waals surface area contributed by atoms with E-state index in [9.17, 15) is 19.8 Å². The number of hydrogen-bond acceptors (Lipinski definition) is 6. The number of aromatic hydroxyl groups is 2. The lowest BCUT2D eigenvalue weighted by molar-refractivity contribution is -0.139. The predicted molar refractivity (Wildman–Crippen MR) is 90.9 cm³/mol. The first-order chi connectivity index (χ1) is 11.9. The Morgan fingerprint density at radius 3 is 2.32 bits per heavy atom. The smallest absolute Gasteiger partial charge is 0.333 e. The summed E-state index contributed by atoms with van der Waals surface area (Å²) in [5.41, 5.74) is 0.778. The minimum Gasteiger partial charge on any atom is -0.508 e. The van der Waals surface area contributed by atoms with Crippen molar-refractivity contribution in [1.82, 2.24) is 0 Å². The summed E-state index contributed by atoms with van der Waals surface area (Å²) in [7, 11) is 0. The molecular weight excluding hydrogens is 324 g/mol. The summed E-state index contributed by atoms with van der Waals surface area (Å²) >= 11 is 0. The molecule has 0 bridgehead atoms. The van der Waals surface area contributed by atoms with Crippen molar-refractivity contribution in [3.05, 3.63) is 65.7 Å². The molecule has 0 unspecified atom stereocenters. The molecule has 0 radical (unpaired) electrons. The molecule has 2 aromatic carbocycles. The van der Waals surface area contributed by atoms with Crippen LogP contribution < -0.4 is 4.74 Å². The first kappa shape index (κ1) is 18.1. The highest BCUT2D eigenvalue weighted by atomic mass is 16.6. The molecule has 0 aliphatic rings. The van der Waals surface area contributed by atoms with Gasteiger partial charge in [0.25, 0.3) is 0 Å². The Kier molecular flexibility index (Phi) is 5.79. The van der Waals surface area contributed by atoms with E-state index in [4.69, 9.17) is 9.47 Å². The quantitative estimate of drug-likeness (QED) is 0.348. The van der Waals surface area contributed by atoms with Crippen LogP contribution in [0, 0.1) is 0 Å². The van der Waals surface area contributed by atoms with E-state index < -0.39 is 5.97 Å². The van der Waals surface area contributed by atoms with Gasteiger partial charge in [0.15, 0.2) is 5.78 Å². The van der Waals surface area contributed by atoms with Gasteiger partial charge in [-0.2, -0.15) is 0 Å². The Bertz CT molecular complexity index is 792. The van der Waals surface area contributed by atoms with Crippen LogP contribution in [-0.4, -0.2) is 35.2 Å². The first-order valence-corrected chi connectivity index (χ1v) is 7.50. The highest BCUT2D eigenvalue weighted by Crippen LogP contribution is 2.25. The third kappa shape index (κ3) is 4.84. The third-order valence-electron chi connectivity index (χ3n) is 3.28. The topological polar surface area (TPSA) is 93.1 Å². The molecule has 2 aromatic rings. The first-order valence-electron chi connectivity index (χ1n) is 7.50. The Morgan fingerprint density at radius 1 is 1.04 bits per heavy atom. The van der Waals surface area contributed by atoms with Gasteiger partial charge in [-0.3, -0.25) is 4.79 Å². The van der Waals surface area contributed by atoms with Gasteiger partial charge >= 0.3 is 5.97 Å². The summed E-state index contributed by atoms with van der Waals surface area (Å²) in [6.07, 6.45) is 0. The van der Waals surface area contributed by atoms with Crippen molar-refractivity contribution in [2.75, 3.05) is 13.2 Å². The van der Waals surface area contributed by atoms with Gasteiger partial charge in [0.05, 0.1) is 5.56 Å². The van der Waals surface area contributed by atoms with Crippen molar-refractivity contribution in [3.63, 3.8) is 0 Å². The fourth-order valence-electron chi connectivity index (χ4n) is 1.99. The van der Waals surface area contributed by atoms with E-state index >= 15 is 0 Å². The average Bonchev–Trinajstić information content (AvgIpc) is 2.58. The van der Waals surface area contributed by atoms with Crippen molar-refractivity contribution >= 4 is 11.8 Å². The van der Waals surface area contributed by atoms with E-state index in [1.807, 2.05) is 0 Å². The maximum Gasteiger partial charge on any atom is 0.333 e. The van der Waals surface area contributed by atoms with Gasteiger partial charge in [-0.25, -0.2) is 4.79 Å². The molecule has 130 valence electrons. The Labute approximate surface area is 144 Å². The maximum atomic E-state index is 12.3. The zero-order valence-electron chi connectivity index (χ0n) is 13.7. The van der Waals surface area contributed by atoms with Gasteiger partial charge in [0.1, 0.15) is 30.5 Å². The van der Waals surface area contributed by atoms with Crippen LogP contribution in [0.25, 0.3) is 0 Å². The summed E-state index contributed by atoms with van der Waals surface area (Å²) in [5, 5.41) is 19.0. The number of ether oxygens (including phenoxy) is 2. The zero-order chi connectivity index (χ0) is 18.4. The van der Waals surface area contributed by atoms with Gasteiger partial charge in [0, 0.05) is 17.2 Å². The lowest BCUT2D eigenvalue weighted by atomic mass is 10.0. The normalized spacial score (nSPS) is 10.1. The molecule has 0 heterocycles. The summed E-state index contributed by atoms with van der Waals surface area (Å²) in [6.45, 7) is 5.30. The molecule has 0 spiro atoms. The van der Waals surface area contributed by atoms with E-state index in [1.54, 1.807) is 31.2 Å². The number of carbonyl (C=O) groups excluding carboxylic acids is 2. The van der Waals surface area contributed by atoms with Crippen LogP contribution in [0.2, 0.25) is 0 Å². The van der Waals surface area contributed by atoms with Gasteiger partial charge in [-0.05, 0) is 43.3 Å². The van der Waals surface area contributed by atoms with E-state index in [1.165, 1.54) is 12.1 Å². The minimum atomic E-state index is -0.474. The molecule has 2 N–H and O–H groups in total. The summed E-state index contributed by atoms with van der Waals surface area (Å²) in [5.74, 6) is -0.745. The van der Waals surface area contributed by atoms with Crippen LogP contribution in [0.3, 0.4) is 0 Å². The van der Waals surface area contributed by atoms with E-state index in [0.29, 0.717) is 16.9 Å². The molecule has 6 nitrogen and oxygen atoms in total. The maximum absolute atomic E-state index is 12.3. The van der Waals surface area contributed by atoms with Crippen LogP contribution in [0.15, 0.2) is 54.6 Å². The number of esters is 1. The Morgan fingerprint density at radius 2 is 1.72 bits per heavy atom. The van der Waals surface area contributed by atoms with Gasteiger partial charge < -0.3 is 19.7 Å². The van der Waals surface area contributed by atoms with Crippen LogP contribution in [0.1, 0.15) is 22.8 Å². The lowest BCUT2D eigenvalue weighted by Crippen LogP contribution is -2.12. The molecule has 0 saturated carbocycles. The molecule has 6 heteroatoms. The second-order valence-corrected chi connectivity index (χ2v) is 5.32. The monoisotopic (exact) mass is 342 g/mol. The Balaban J connectivity index is 1.94. The SMILES string of the molecule is C=C(C)C(=O)OCCOc1ccc(C(=O)c2ccc(O)cc2O)cc1. The molecule has 0 aliphatic carbocycles. The second kappa shape index (κ2) is 8.01. The van der Waals surface area contributed by atoms with Crippen LogP contribution in [-0.2, 0) is 9.53 Å². The number of benzene rings is 2. The average molecular weight is 342 g/mol. The van der Waals surface area contributed by atoms with Crippen molar-refractivity contribution < 1.29 is 29.3 Å². The molecule has 2 rings (SSSR count).